The van der Waals surface area contributed by atoms with Gasteiger partial charge >= 0.3 is 6.36 Å². The number of aromatic nitrogens is 1. The van der Waals surface area contributed by atoms with Gasteiger partial charge in [0.2, 0.25) is 5.89 Å². The van der Waals surface area contributed by atoms with E-state index >= 15 is 0 Å². The summed E-state index contributed by atoms with van der Waals surface area (Å²) in [5, 5.41) is 0. The maximum Gasteiger partial charge on any atom is 0.573 e. The average molecular weight is 295 g/mol. The van der Waals surface area contributed by atoms with Gasteiger partial charge in [0.25, 0.3) is 0 Å². The van der Waals surface area contributed by atoms with Crippen molar-refractivity contribution in [3.8, 4) is 17.0 Å². The molecule has 1 heterocycles. The predicted molar refractivity (Wildman–Crippen MR) is 63.8 cm³/mol. The maximum atomic E-state index is 12.0. The van der Waals surface area contributed by atoms with Gasteiger partial charge in [0.1, 0.15) is 17.7 Å². The number of oxazole rings is 1. The van der Waals surface area contributed by atoms with Crippen LogP contribution in [0.5, 0.6) is 5.75 Å². The fraction of sp³-hybridized carbons (Fsp3) is 0.182. The summed E-state index contributed by atoms with van der Waals surface area (Å²) in [7, 11) is 0. The van der Waals surface area contributed by atoms with E-state index in [2.05, 4.69) is 9.72 Å². The minimum absolute atomic E-state index is 0. The highest BCUT2D eigenvalue weighted by atomic mass is 35.5. The van der Waals surface area contributed by atoms with Gasteiger partial charge in [-0.2, -0.15) is 0 Å². The van der Waals surface area contributed by atoms with Crippen LogP contribution in [-0.2, 0) is 6.54 Å². The minimum Gasteiger partial charge on any atom is -0.447 e. The van der Waals surface area contributed by atoms with Crippen LogP contribution >= 0.6 is 12.4 Å². The van der Waals surface area contributed by atoms with Crippen LogP contribution in [0, 0.1) is 0 Å². The Kier molecular flexibility index (Phi) is 4.79. The van der Waals surface area contributed by atoms with E-state index in [4.69, 9.17) is 10.2 Å². The topological polar surface area (TPSA) is 61.3 Å². The Morgan fingerprint density at radius 2 is 1.84 bits per heavy atom. The van der Waals surface area contributed by atoms with Crippen LogP contribution in [0.15, 0.2) is 34.9 Å². The molecule has 0 aliphatic heterocycles. The number of hydrogen-bond donors (Lipinski definition) is 1. The summed E-state index contributed by atoms with van der Waals surface area (Å²) in [5.74, 6) is 0.0782. The lowest BCUT2D eigenvalue weighted by Gasteiger charge is -2.08. The highest BCUT2D eigenvalue weighted by Crippen LogP contribution is 2.26. The molecule has 8 heteroatoms. The van der Waals surface area contributed by atoms with Gasteiger partial charge in [-0.3, -0.25) is 0 Å². The lowest BCUT2D eigenvalue weighted by Crippen LogP contribution is -2.16. The molecule has 0 amide bonds. The van der Waals surface area contributed by atoms with Gasteiger partial charge in [0.05, 0.1) is 6.54 Å². The molecular formula is C11H10ClF3N2O2. The second-order valence-corrected chi connectivity index (χ2v) is 3.40. The number of nitrogens with two attached hydrogens (primary N) is 1. The second kappa shape index (κ2) is 5.94. The van der Waals surface area contributed by atoms with Crippen molar-refractivity contribution in [2.24, 2.45) is 5.73 Å². The van der Waals surface area contributed by atoms with E-state index in [-0.39, 0.29) is 24.7 Å². The standard InChI is InChI=1S/C11H9F3N2O2.ClH/c12-11(13,14)18-8-3-1-7(2-4-8)9-6-17-10(5-15)16-9;/h1-4,6H,5,15H2;1H. The summed E-state index contributed by atoms with van der Waals surface area (Å²) in [6.45, 7) is 0.162. The van der Waals surface area contributed by atoms with Gasteiger partial charge in [0, 0.05) is 5.56 Å². The fourth-order valence-electron chi connectivity index (χ4n) is 1.36. The zero-order valence-corrected chi connectivity index (χ0v) is 10.3. The molecule has 0 spiro atoms. The van der Waals surface area contributed by atoms with Crippen molar-refractivity contribution in [3.05, 3.63) is 36.4 Å². The van der Waals surface area contributed by atoms with E-state index in [1.54, 1.807) is 0 Å². The maximum absolute atomic E-state index is 12.0. The summed E-state index contributed by atoms with van der Waals surface area (Å²) in [4.78, 5) is 4.05. The lowest BCUT2D eigenvalue weighted by atomic mass is 10.2. The number of rotatable bonds is 3. The first-order valence-corrected chi connectivity index (χ1v) is 4.98. The average Bonchev–Trinajstić information content (AvgIpc) is 2.76. The third kappa shape index (κ3) is 4.15. The smallest absolute Gasteiger partial charge is 0.447 e. The fourth-order valence-corrected chi connectivity index (χ4v) is 1.36. The predicted octanol–water partition coefficient (Wildman–Crippen LogP) is 3.12. The molecule has 19 heavy (non-hydrogen) atoms. The Balaban J connectivity index is 0.00000180. The summed E-state index contributed by atoms with van der Waals surface area (Å²) in [6, 6.07) is 5.33. The number of ether oxygens (including phenoxy) is 1. The molecule has 4 nitrogen and oxygen atoms in total. The Labute approximate surface area is 112 Å². The van der Waals surface area contributed by atoms with Crippen molar-refractivity contribution in [3.63, 3.8) is 0 Å². The number of benzene rings is 1. The molecule has 2 rings (SSSR count). The molecule has 1 aromatic heterocycles. The van der Waals surface area contributed by atoms with Crippen molar-refractivity contribution in [1.29, 1.82) is 0 Å². The van der Waals surface area contributed by atoms with Crippen LogP contribution in [0.1, 0.15) is 5.89 Å². The number of nitrogens with zero attached hydrogens (tertiary/aromatic N) is 1. The molecular weight excluding hydrogens is 285 g/mol. The third-order valence-electron chi connectivity index (χ3n) is 2.11. The lowest BCUT2D eigenvalue weighted by molar-refractivity contribution is -0.274. The van der Waals surface area contributed by atoms with Gasteiger partial charge in [-0.05, 0) is 24.3 Å². The minimum atomic E-state index is -4.69. The molecule has 0 atom stereocenters. The quantitative estimate of drug-likeness (QED) is 0.945. The Morgan fingerprint density at radius 3 is 2.32 bits per heavy atom. The highest BCUT2D eigenvalue weighted by molar-refractivity contribution is 5.85. The van der Waals surface area contributed by atoms with Crippen LogP contribution in [0.3, 0.4) is 0 Å². The summed E-state index contributed by atoms with van der Waals surface area (Å²) in [6.07, 6.45) is -3.30. The van der Waals surface area contributed by atoms with Gasteiger partial charge in [-0.15, -0.1) is 25.6 Å². The third-order valence-corrected chi connectivity index (χ3v) is 2.11. The molecule has 104 valence electrons. The van der Waals surface area contributed by atoms with Gasteiger partial charge < -0.3 is 14.9 Å². The Hall–Kier alpha value is -1.73. The van der Waals surface area contributed by atoms with E-state index in [1.165, 1.54) is 30.5 Å². The van der Waals surface area contributed by atoms with E-state index in [1.807, 2.05) is 0 Å². The molecule has 0 radical (unpaired) electrons. The van der Waals surface area contributed by atoms with E-state index in [9.17, 15) is 13.2 Å². The van der Waals surface area contributed by atoms with Crippen molar-refractivity contribution in [2.75, 3.05) is 0 Å². The first kappa shape index (κ1) is 15.3. The monoisotopic (exact) mass is 294 g/mol. The van der Waals surface area contributed by atoms with Crippen LogP contribution in [0.2, 0.25) is 0 Å². The van der Waals surface area contributed by atoms with Crippen molar-refractivity contribution >= 4 is 12.4 Å². The van der Waals surface area contributed by atoms with Crippen molar-refractivity contribution < 1.29 is 22.3 Å². The number of halogens is 4. The van der Waals surface area contributed by atoms with Gasteiger partial charge in [0.15, 0.2) is 0 Å². The van der Waals surface area contributed by atoms with Crippen LogP contribution in [0.4, 0.5) is 13.2 Å². The summed E-state index contributed by atoms with van der Waals surface area (Å²) in [5.41, 5.74) is 6.46. The summed E-state index contributed by atoms with van der Waals surface area (Å²) >= 11 is 0. The molecule has 0 saturated heterocycles. The zero-order chi connectivity index (χ0) is 13.2. The molecule has 0 fully saturated rings. The largest absolute Gasteiger partial charge is 0.573 e. The first-order chi connectivity index (χ1) is 8.48. The van der Waals surface area contributed by atoms with E-state index in [0.29, 0.717) is 17.1 Å². The number of alkyl halides is 3. The summed E-state index contributed by atoms with van der Waals surface area (Å²) < 4.78 is 44.6. The normalized spacial score (nSPS) is 10.9. The molecule has 2 N–H and O–H groups in total. The first-order valence-electron chi connectivity index (χ1n) is 4.98. The van der Waals surface area contributed by atoms with Crippen LogP contribution in [0.25, 0.3) is 11.3 Å². The molecule has 1 aromatic carbocycles. The van der Waals surface area contributed by atoms with Crippen molar-refractivity contribution in [1.82, 2.24) is 4.98 Å². The molecule has 0 unspecified atom stereocenters. The van der Waals surface area contributed by atoms with E-state index < -0.39 is 6.36 Å². The Morgan fingerprint density at radius 1 is 1.21 bits per heavy atom. The Bertz CT molecular complexity index is 525. The molecule has 0 aliphatic carbocycles. The zero-order valence-electron chi connectivity index (χ0n) is 9.48. The van der Waals surface area contributed by atoms with E-state index in [0.717, 1.165) is 0 Å². The second-order valence-electron chi connectivity index (χ2n) is 3.40. The van der Waals surface area contributed by atoms with Crippen LogP contribution < -0.4 is 10.5 Å². The van der Waals surface area contributed by atoms with Gasteiger partial charge in [-0.1, -0.05) is 0 Å². The molecule has 2 aromatic rings. The highest BCUT2D eigenvalue weighted by Gasteiger charge is 2.30. The molecule has 0 aliphatic rings. The van der Waals surface area contributed by atoms with Gasteiger partial charge in [-0.25, -0.2) is 4.98 Å². The SMILES string of the molecule is Cl.NCc1nc(-c2ccc(OC(F)(F)F)cc2)co1. The number of hydrogen-bond acceptors (Lipinski definition) is 4. The molecule has 0 bridgehead atoms. The van der Waals surface area contributed by atoms with Crippen molar-refractivity contribution in [2.45, 2.75) is 12.9 Å². The molecule has 0 saturated carbocycles. The van der Waals surface area contributed by atoms with Crippen LogP contribution in [-0.4, -0.2) is 11.3 Å².